The Bertz CT molecular complexity index is 582. The normalized spacial score (nSPS) is 10.3. The van der Waals surface area contributed by atoms with Crippen molar-refractivity contribution in [1.29, 1.82) is 0 Å². The van der Waals surface area contributed by atoms with Crippen LogP contribution in [0, 0.1) is 0 Å². The maximum Gasteiger partial charge on any atom is 0.192 e. The van der Waals surface area contributed by atoms with Gasteiger partial charge in [-0.05, 0) is 24.3 Å². The maximum absolute atomic E-state index is 12.1. The van der Waals surface area contributed by atoms with Crippen molar-refractivity contribution in [2.75, 3.05) is 25.6 Å². The number of thiophene rings is 1. The van der Waals surface area contributed by atoms with Crippen LogP contribution in [0.15, 0.2) is 36.4 Å². The second kappa shape index (κ2) is 6.08. The van der Waals surface area contributed by atoms with Gasteiger partial charge in [0.25, 0.3) is 0 Å². The molecular formula is C14H14ClNO2S. The van der Waals surface area contributed by atoms with Crippen molar-refractivity contribution in [3.05, 3.63) is 45.6 Å². The molecule has 5 heteroatoms. The molecule has 1 heterocycles. The third-order valence-electron chi connectivity index (χ3n) is 2.73. The summed E-state index contributed by atoms with van der Waals surface area (Å²) in [5.41, 5.74) is 0.890. The first-order chi connectivity index (χ1) is 9.11. The Balaban J connectivity index is 2.12. The SMILES string of the molecule is COc1ccccc1N(C)CC(=O)c1ccc(Cl)s1. The Morgan fingerprint density at radius 3 is 2.68 bits per heavy atom. The van der Waals surface area contributed by atoms with Crippen molar-refractivity contribution in [1.82, 2.24) is 0 Å². The average molecular weight is 296 g/mol. The number of para-hydroxylation sites is 2. The topological polar surface area (TPSA) is 29.5 Å². The van der Waals surface area contributed by atoms with Gasteiger partial charge in [0, 0.05) is 7.05 Å². The molecule has 0 unspecified atom stereocenters. The molecule has 0 saturated heterocycles. The van der Waals surface area contributed by atoms with Gasteiger partial charge in [-0.1, -0.05) is 23.7 Å². The van der Waals surface area contributed by atoms with E-state index in [0.29, 0.717) is 9.21 Å². The number of hydrogen-bond donors (Lipinski definition) is 0. The lowest BCUT2D eigenvalue weighted by atomic mass is 10.2. The smallest absolute Gasteiger partial charge is 0.192 e. The molecule has 0 saturated carbocycles. The lowest BCUT2D eigenvalue weighted by molar-refractivity contribution is 0.100. The Labute approximate surface area is 121 Å². The van der Waals surface area contributed by atoms with Crippen molar-refractivity contribution >= 4 is 34.4 Å². The fourth-order valence-electron chi connectivity index (χ4n) is 1.79. The minimum absolute atomic E-state index is 0.0466. The number of Topliss-reactive ketones (excluding diaryl/α,β-unsaturated/α-hetero) is 1. The van der Waals surface area contributed by atoms with Gasteiger partial charge in [0.05, 0.1) is 28.6 Å². The summed E-state index contributed by atoms with van der Waals surface area (Å²) >= 11 is 7.14. The van der Waals surface area contributed by atoms with Crippen LogP contribution in [0.5, 0.6) is 5.75 Å². The molecule has 1 aromatic heterocycles. The van der Waals surface area contributed by atoms with E-state index < -0.39 is 0 Å². The molecule has 0 amide bonds. The molecule has 100 valence electrons. The molecule has 0 bridgehead atoms. The summed E-state index contributed by atoms with van der Waals surface area (Å²) in [6.45, 7) is 0.289. The fourth-order valence-corrected chi connectivity index (χ4v) is 2.76. The van der Waals surface area contributed by atoms with Gasteiger partial charge in [-0.3, -0.25) is 4.79 Å². The predicted octanol–water partition coefficient (Wildman–Crippen LogP) is 3.73. The third kappa shape index (κ3) is 3.28. The van der Waals surface area contributed by atoms with Crippen LogP contribution in [0.1, 0.15) is 9.67 Å². The number of benzene rings is 1. The van der Waals surface area contributed by atoms with Crippen LogP contribution in [-0.2, 0) is 0 Å². The molecule has 19 heavy (non-hydrogen) atoms. The van der Waals surface area contributed by atoms with Crippen molar-refractivity contribution < 1.29 is 9.53 Å². The van der Waals surface area contributed by atoms with Gasteiger partial charge in [-0.25, -0.2) is 0 Å². The largest absolute Gasteiger partial charge is 0.495 e. The van der Waals surface area contributed by atoms with E-state index in [2.05, 4.69) is 0 Å². The van der Waals surface area contributed by atoms with E-state index in [-0.39, 0.29) is 12.3 Å². The highest BCUT2D eigenvalue weighted by Crippen LogP contribution is 2.27. The van der Waals surface area contributed by atoms with E-state index in [4.69, 9.17) is 16.3 Å². The van der Waals surface area contributed by atoms with Gasteiger partial charge in [0.1, 0.15) is 5.75 Å². The van der Waals surface area contributed by atoms with Crippen molar-refractivity contribution in [3.8, 4) is 5.75 Å². The number of carbonyl (C=O) groups is 1. The van der Waals surface area contributed by atoms with E-state index in [9.17, 15) is 4.79 Å². The number of ketones is 1. The molecule has 1 aromatic carbocycles. The summed E-state index contributed by atoms with van der Waals surface area (Å²) in [5, 5.41) is 0. The molecule has 2 rings (SSSR count). The molecule has 0 N–H and O–H groups in total. The number of nitrogens with zero attached hydrogens (tertiary/aromatic N) is 1. The first kappa shape index (κ1) is 13.9. The molecule has 3 nitrogen and oxygen atoms in total. The highest BCUT2D eigenvalue weighted by molar-refractivity contribution is 7.18. The number of anilines is 1. The Morgan fingerprint density at radius 1 is 1.32 bits per heavy atom. The lowest BCUT2D eigenvalue weighted by Gasteiger charge is -2.20. The highest BCUT2D eigenvalue weighted by Gasteiger charge is 2.14. The molecule has 0 atom stereocenters. The number of methoxy groups -OCH3 is 1. The minimum Gasteiger partial charge on any atom is -0.495 e. The van der Waals surface area contributed by atoms with Crippen molar-refractivity contribution in [3.63, 3.8) is 0 Å². The summed E-state index contributed by atoms with van der Waals surface area (Å²) in [6.07, 6.45) is 0. The van der Waals surface area contributed by atoms with Gasteiger partial charge >= 0.3 is 0 Å². The summed E-state index contributed by atoms with van der Waals surface area (Å²) in [6, 6.07) is 11.1. The maximum atomic E-state index is 12.1. The van der Waals surface area contributed by atoms with Crippen LogP contribution in [0.3, 0.4) is 0 Å². The number of likely N-dealkylation sites (N-methyl/N-ethyl adjacent to an activating group) is 1. The molecule has 0 aliphatic carbocycles. The third-order valence-corrected chi connectivity index (χ3v) is 4.00. The Kier molecular flexibility index (Phi) is 4.45. The number of halogens is 1. The van der Waals surface area contributed by atoms with Gasteiger partial charge in [-0.15, -0.1) is 11.3 Å². The van der Waals surface area contributed by atoms with E-state index in [1.807, 2.05) is 36.2 Å². The molecule has 0 radical (unpaired) electrons. The summed E-state index contributed by atoms with van der Waals surface area (Å²) in [5.74, 6) is 0.798. The standard InChI is InChI=1S/C14H14ClNO2S/c1-16(10-5-3-4-6-12(10)18-2)9-11(17)13-7-8-14(15)19-13/h3-8H,9H2,1-2H3. The average Bonchev–Trinajstić information content (AvgIpc) is 2.85. The van der Waals surface area contributed by atoms with Crippen molar-refractivity contribution in [2.24, 2.45) is 0 Å². The van der Waals surface area contributed by atoms with Gasteiger partial charge in [0.2, 0.25) is 0 Å². The summed E-state index contributed by atoms with van der Waals surface area (Å²) in [4.78, 5) is 14.7. The van der Waals surface area contributed by atoms with Crippen molar-refractivity contribution in [2.45, 2.75) is 0 Å². The highest BCUT2D eigenvalue weighted by atomic mass is 35.5. The fraction of sp³-hybridized carbons (Fsp3) is 0.214. The van der Waals surface area contributed by atoms with Crippen LogP contribution in [0.25, 0.3) is 0 Å². The van der Waals surface area contributed by atoms with E-state index in [1.165, 1.54) is 11.3 Å². The van der Waals surface area contributed by atoms with Gasteiger partial charge in [-0.2, -0.15) is 0 Å². The summed E-state index contributed by atoms with van der Waals surface area (Å²) < 4.78 is 5.91. The molecule has 0 aliphatic heterocycles. The molecule has 2 aromatic rings. The molecule has 0 fully saturated rings. The van der Waals surface area contributed by atoms with Crippen LogP contribution < -0.4 is 9.64 Å². The zero-order valence-corrected chi connectivity index (χ0v) is 12.3. The number of ether oxygens (including phenoxy) is 1. The van der Waals surface area contributed by atoms with Gasteiger partial charge in [0.15, 0.2) is 5.78 Å². The zero-order valence-electron chi connectivity index (χ0n) is 10.7. The number of rotatable bonds is 5. The molecule has 0 aliphatic rings. The van der Waals surface area contributed by atoms with Crippen LogP contribution in [0.2, 0.25) is 4.34 Å². The van der Waals surface area contributed by atoms with E-state index in [0.717, 1.165) is 11.4 Å². The summed E-state index contributed by atoms with van der Waals surface area (Å²) in [7, 11) is 3.48. The Hall–Kier alpha value is -1.52. The second-order valence-electron chi connectivity index (χ2n) is 4.05. The number of hydrogen-bond acceptors (Lipinski definition) is 4. The van der Waals surface area contributed by atoms with E-state index >= 15 is 0 Å². The first-order valence-corrected chi connectivity index (χ1v) is 6.94. The predicted molar refractivity (Wildman–Crippen MR) is 79.9 cm³/mol. The minimum atomic E-state index is 0.0466. The quantitative estimate of drug-likeness (QED) is 0.787. The molecule has 0 spiro atoms. The number of carbonyl (C=O) groups excluding carboxylic acids is 1. The van der Waals surface area contributed by atoms with Crippen LogP contribution in [0.4, 0.5) is 5.69 Å². The van der Waals surface area contributed by atoms with Crippen LogP contribution in [-0.4, -0.2) is 26.5 Å². The van der Waals surface area contributed by atoms with Crippen LogP contribution >= 0.6 is 22.9 Å². The zero-order chi connectivity index (χ0) is 13.8. The first-order valence-electron chi connectivity index (χ1n) is 5.74. The Morgan fingerprint density at radius 2 is 2.05 bits per heavy atom. The monoisotopic (exact) mass is 295 g/mol. The van der Waals surface area contributed by atoms with Gasteiger partial charge < -0.3 is 9.64 Å². The van der Waals surface area contributed by atoms with E-state index in [1.54, 1.807) is 19.2 Å². The lowest BCUT2D eigenvalue weighted by Crippen LogP contribution is -2.25. The second-order valence-corrected chi connectivity index (χ2v) is 5.77. The molecular weight excluding hydrogens is 282 g/mol.